The number of hydrogen-bond acceptors (Lipinski definition) is 18. The highest BCUT2D eigenvalue weighted by atomic mass is 32.2. The first kappa shape index (κ1) is 87.2. The summed E-state index contributed by atoms with van der Waals surface area (Å²) in [6.07, 6.45) is 4.12. The van der Waals surface area contributed by atoms with E-state index in [9.17, 15) is 57.5 Å². The zero-order valence-electron chi connectivity index (χ0n) is 62.1. The number of aliphatic imine (C=N–C) groups is 1. The number of H-pyrrole nitrogens is 1. The second-order valence-electron chi connectivity index (χ2n) is 27.8. The molecule has 24 N–H and O–H groups in total. The first-order valence-electron chi connectivity index (χ1n) is 36.9. The van der Waals surface area contributed by atoms with Crippen LogP contribution in [0.25, 0.3) is 10.9 Å². The molecule has 35 heteroatoms. The average molecular weight is 1530 g/mol. The van der Waals surface area contributed by atoms with E-state index in [4.69, 9.17) is 40.1 Å². The highest BCUT2D eigenvalue weighted by molar-refractivity contribution is 7.98. The Balaban J connectivity index is 1.26. The number of carbonyl (C=O) groups excluding carboxylic acids is 14. The van der Waals surface area contributed by atoms with Crippen molar-refractivity contribution in [2.24, 2.45) is 51.0 Å². The largest absolute Gasteiger partial charge is 0.370 e. The van der Waals surface area contributed by atoms with Gasteiger partial charge in [-0.15, -0.1) is 0 Å². The predicted molar refractivity (Wildman–Crippen MR) is 410 cm³/mol. The second-order valence-corrected chi connectivity index (χ2v) is 28.7. The molecule has 0 radical (unpaired) electrons. The van der Waals surface area contributed by atoms with Crippen molar-refractivity contribution in [3.63, 3.8) is 0 Å². The Labute approximate surface area is 637 Å². The van der Waals surface area contributed by atoms with Crippen LogP contribution in [0.15, 0.2) is 96.1 Å². The van der Waals surface area contributed by atoms with Gasteiger partial charge in [0.25, 0.3) is 0 Å². The van der Waals surface area contributed by atoms with Gasteiger partial charge in [-0.3, -0.25) is 72.1 Å². The molecule has 2 aliphatic heterocycles. The fraction of sp³-hybridized carbons (Fsp3) is 0.527. The van der Waals surface area contributed by atoms with E-state index in [-0.39, 0.29) is 95.8 Å². The van der Waals surface area contributed by atoms with Crippen LogP contribution in [0.2, 0.25) is 0 Å². The molecule has 6 rings (SSSR count). The van der Waals surface area contributed by atoms with Gasteiger partial charge >= 0.3 is 0 Å². The molecule has 2 aliphatic rings. The minimum Gasteiger partial charge on any atom is -0.370 e. The lowest BCUT2D eigenvalue weighted by Gasteiger charge is -2.32. The zero-order chi connectivity index (χ0) is 79.7. The van der Waals surface area contributed by atoms with Crippen LogP contribution >= 0.6 is 11.8 Å². The van der Waals surface area contributed by atoms with E-state index < -0.39 is 181 Å². The molecule has 0 spiro atoms. The van der Waals surface area contributed by atoms with Gasteiger partial charge in [-0.05, 0) is 131 Å². The number of fused-ring (bicyclic) bond motifs is 1. The Bertz CT molecular complexity index is 3810. The van der Waals surface area contributed by atoms with Crippen LogP contribution in [0.3, 0.4) is 0 Å². The third kappa shape index (κ3) is 28.4. The second kappa shape index (κ2) is 44.6. The molecule has 11 atom stereocenters. The number of likely N-dealkylation sites (tertiary alicyclic amines) is 2. The SMILES string of the molecule is CSCC[C@H](NC(=O)[C@H](CC(C)C)NC(=O)[C@@H](Cc1c[nH]c2ccccc12)NC(=O)[C@H](Cc1ccccc1)NC(=O)[C@@H](Cc1ccccc1)NC(=O)[C@H](CCC(N)=O)NC(=O)[C@H](CCC(N)=O)NC(=O)[C@@H]1CCCN1C(=O)[C@H](CCCCN)NC(=O)[C@H]1CCCN1C(=O)[C@@H](N)CCCN=C(N)N)C(=O)NCC(N)=O. The molecule has 0 saturated carbocycles. The molecule has 109 heavy (non-hydrogen) atoms. The van der Waals surface area contributed by atoms with Crippen LogP contribution in [0.4, 0.5) is 0 Å². The highest BCUT2D eigenvalue weighted by Gasteiger charge is 2.43. The minimum atomic E-state index is -1.69. The van der Waals surface area contributed by atoms with Gasteiger partial charge < -0.3 is 103 Å². The summed E-state index contributed by atoms with van der Waals surface area (Å²) in [5, 5.41) is 25.1. The highest BCUT2D eigenvalue weighted by Crippen LogP contribution is 2.25. The van der Waals surface area contributed by atoms with Crippen molar-refractivity contribution in [3.8, 4) is 0 Å². The summed E-state index contributed by atoms with van der Waals surface area (Å²) < 4.78 is 0. The molecule has 594 valence electrons. The van der Waals surface area contributed by atoms with Crippen molar-refractivity contribution in [3.05, 3.63) is 108 Å². The van der Waals surface area contributed by atoms with Crippen LogP contribution in [-0.4, -0.2) is 215 Å². The number of rotatable bonds is 46. The molecule has 0 bridgehead atoms. The van der Waals surface area contributed by atoms with Crippen molar-refractivity contribution in [1.29, 1.82) is 0 Å². The monoisotopic (exact) mass is 1530 g/mol. The number of carbonyl (C=O) groups is 14. The van der Waals surface area contributed by atoms with E-state index in [1.54, 1.807) is 72.9 Å². The number of nitrogens with zero attached hydrogens (tertiary/aromatic N) is 3. The van der Waals surface area contributed by atoms with Crippen molar-refractivity contribution in [2.75, 3.05) is 44.7 Å². The number of nitrogens with two attached hydrogens (primary N) is 7. The van der Waals surface area contributed by atoms with Gasteiger partial charge in [-0.25, -0.2) is 0 Å². The van der Waals surface area contributed by atoms with Crippen molar-refractivity contribution < 1.29 is 67.1 Å². The van der Waals surface area contributed by atoms with Gasteiger partial charge in [0.05, 0.1) is 12.6 Å². The lowest BCUT2D eigenvalue weighted by molar-refractivity contribution is -0.144. The first-order chi connectivity index (χ1) is 52.1. The van der Waals surface area contributed by atoms with E-state index in [0.717, 1.165) is 0 Å². The summed E-state index contributed by atoms with van der Waals surface area (Å²) in [6, 6.07) is 9.71. The maximum Gasteiger partial charge on any atom is 0.245 e. The standard InChI is InChI=1S/C74H108N20O14S/c1-43(2)37-54(66(101)86-52(31-36-109-3)63(98)84-42-62(79)97)89-69(104)57(40-46-41-83-49-23-11-10-21-47(46)49)92-68(103)56(39-45-19-8-5-9-20-45)91-67(102)55(38-44-17-6-4-7-18-44)90-65(100)50(27-29-60(77)95)85-64(99)51(28-30-61(78)96)87-70(105)59-26-16-35-94(59)73(108)53(24-12-13-32-75)88-71(106)58-25-15-34-93(58)72(107)48(76)22-14-33-82-74(80)81/h4-11,17-21,23,41,43,48,50-59,83H,12-16,22,24-40,42,75-76H2,1-3H3,(H2,77,95)(H2,78,96)(H2,79,97)(H,84,98)(H,85,99)(H,86,101)(H,87,105)(H,88,106)(H,89,104)(H,90,100)(H,91,102)(H,92,103)(H4,80,81,82)/t48-,50-,51-,52-,53-,54-,55+,56-,57+,58+,59-/m0/s1. The summed E-state index contributed by atoms with van der Waals surface area (Å²) in [5.41, 5.74) is 41.9. The molecule has 2 fully saturated rings. The molecular formula is C74H108N20O14S. The Morgan fingerprint density at radius 3 is 1.47 bits per heavy atom. The number of aromatic nitrogens is 1. The normalized spacial score (nSPS) is 16.5. The molecular weight excluding hydrogens is 1430 g/mol. The quantitative estimate of drug-likeness (QED) is 0.0123. The average Bonchev–Trinajstić information content (AvgIpc) is 1.72. The summed E-state index contributed by atoms with van der Waals surface area (Å²) in [6.45, 7) is 3.98. The predicted octanol–water partition coefficient (Wildman–Crippen LogP) is -2.50. The Hall–Kier alpha value is -10.7. The Kier molecular flexibility index (Phi) is 35.7. The summed E-state index contributed by atoms with van der Waals surface area (Å²) in [5.74, 6) is -11.0. The number of benzene rings is 3. The number of primary amides is 3. The van der Waals surface area contributed by atoms with Crippen LogP contribution < -0.4 is 88.0 Å². The molecule has 3 heterocycles. The smallest absolute Gasteiger partial charge is 0.245 e. The summed E-state index contributed by atoms with van der Waals surface area (Å²) in [7, 11) is 0. The zero-order valence-corrected chi connectivity index (χ0v) is 62.9. The van der Waals surface area contributed by atoms with Gasteiger partial charge in [0.2, 0.25) is 82.7 Å². The molecule has 14 amide bonds. The van der Waals surface area contributed by atoms with Crippen molar-refractivity contribution in [2.45, 2.75) is 196 Å². The van der Waals surface area contributed by atoms with Gasteiger partial charge in [0.1, 0.15) is 60.4 Å². The van der Waals surface area contributed by atoms with E-state index in [1.807, 2.05) is 38.3 Å². The van der Waals surface area contributed by atoms with Gasteiger partial charge in [-0.1, -0.05) is 92.7 Å². The van der Waals surface area contributed by atoms with Crippen LogP contribution in [-0.2, 0) is 86.4 Å². The number of para-hydroxylation sites is 1. The fourth-order valence-electron chi connectivity index (χ4n) is 13.0. The van der Waals surface area contributed by atoms with Crippen LogP contribution in [0.1, 0.15) is 127 Å². The molecule has 0 unspecified atom stereocenters. The lowest BCUT2D eigenvalue weighted by atomic mass is 9.99. The number of unbranched alkanes of at least 4 members (excludes halogenated alkanes) is 1. The van der Waals surface area contributed by atoms with E-state index in [1.165, 1.54) is 21.6 Å². The molecule has 0 aliphatic carbocycles. The van der Waals surface area contributed by atoms with Gasteiger partial charge in [0, 0.05) is 68.8 Å². The molecule has 4 aromatic rings. The fourth-order valence-corrected chi connectivity index (χ4v) is 13.5. The summed E-state index contributed by atoms with van der Waals surface area (Å²) in [4.78, 5) is 206. The number of amides is 14. The van der Waals surface area contributed by atoms with Gasteiger partial charge in [-0.2, -0.15) is 11.8 Å². The van der Waals surface area contributed by atoms with E-state index in [0.29, 0.717) is 65.5 Å². The molecule has 2 saturated heterocycles. The third-order valence-electron chi connectivity index (χ3n) is 18.7. The lowest BCUT2D eigenvalue weighted by Crippen LogP contribution is -2.61. The van der Waals surface area contributed by atoms with Crippen LogP contribution in [0, 0.1) is 5.92 Å². The number of aromatic amines is 1. The number of thioether (sulfide) groups is 1. The summed E-state index contributed by atoms with van der Waals surface area (Å²) >= 11 is 1.41. The van der Waals surface area contributed by atoms with Gasteiger partial charge in [0.15, 0.2) is 5.96 Å². The van der Waals surface area contributed by atoms with Crippen molar-refractivity contribution >= 4 is 111 Å². The number of hydrogen-bond donors (Lipinski definition) is 17. The molecule has 3 aromatic carbocycles. The Morgan fingerprint density at radius 1 is 0.505 bits per heavy atom. The molecule has 34 nitrogen and oxygen atoms in total. The van der Waals surface area contributed by atoms with E-state index >= 15 is 9.59 Å². The topological polar surface area (TPSA) is 564 Å². The van der Waals surface area contributed by atoms with E-state index in [2.05, 4.69) is 57.8 Å². The number of nitrogens with one attached hydrogen (secondary N) is 10. The number of guanidine groups is 1. The third-order valence-corrected chi connectivity index (χ3v) is 19.4. The first-order valence-corrected chi connectivity index (χ1v) is 38.3. The maximum absolute atomic E-state index is 15.3. The van der Waals surface area contributed by atoms with Crippen molar-refractivity contribution in [1.82, 2.24) is 62.6 Å². The Morgan fingerprint density at radius 2 is 0.963 bits per heavy atom. The molecule has 1 aromatic heterocycles. The minimum absolute atomic E-state index is 0.0585. The van der Waals surface area contributed by atoms with Crippen LogP contribution in [0.5, 0.6) is 0 Å². The maximum atomic E-state index is 15.3.